The summed E-state index contributed by atoms with van der Waals surface area (Å²) in [5.74, 6) is -0.224. The van der Waals surface area contributed by atoms with Crippen molar-refractivity contribution in [2.45, 2.75) is 32.4 Å². The molecule has 0 saturated heterocycles. The Morgan fingerprint density at radius 1 is 1.47 bits per heavy atom. The summed E-state index contributed by atoms with van der Waals surface area (Å²) in [6.07, 6.45) is 0.857. The SMILES string of the molecule is CC[C@@H](CO)NC(C)c1cccc(F)c1. The summed E-state index contributed by atoms with van der Waals surface area (Å²) < 4.78 is 13.0. The Morgan fingerprint density at radius 3 is 2.73 bits per heavy atom. The summed E-state index contributed by atoms with van der Waals surface area (Å²) in [4.78, 5) is 0. The molecule has 0 saturated carbocycles. The summed E-state index contributed by atoms with van der Waals surface area (Å²) >= 11 is 0. The molecule has 0 fully saturated rings. The Morgan fingerprint density at radius 2 is 2.20 bits per heavy atom. The lowest BCUT2D eigenvalue weighted by Crippen LogP contribution is -2.33. The number of aliphatic hydroxyl groups excluding tert-OH is 1. The third-order valence-corrected chi connectivity index (χ3v) is 2.55. The van der Waals surface area contributed by atoms with E-state index in [1.165, 1.54) is 12.1 Å². The van der Waals surface area contributed by atoms with Crippen LogP contribution in [0.1, 0.15) is 31.9 Å². The fourth-order valence-electron chi connectivity index (χ4n) is 1.53. The molecule has 0 aromatic heterocycles. The van der Waals surface area contributed by atoms with Crippen LogP contribution in [0.5, 0.6) is 0 Å². The minimum absolute atomic E-state index is 0.0535. The third-order valence-electron chi connectivity index (χ3n) is 2.55. The van der Waals surface area contributed by atoms with Gasteiger partial charge < -0.3 is 10.4 Å². The summed E-state index contributed by atoms with van der Waals surface area (Å²) in [7, 11) is 0. The van der Waals surface area contributed by atoms with Crippen molar-refractivity contribution in [3.8, 4) is 0 Å². The van der Waals surface area contributed by atoms with Crippen LogP contribution >= 0.6 is 0 Å². The molecular weight excluding hydrogens is 193 g/mol. The molecule has 0 aliphatic carbocycles. The molecule has 2 atom stereocenters. The van der Waals surface area contributed by atoms with Gasteiger partial charge in [-0.2, -0.15) is 0 Å². The Labute approximate surface area is 90.1 Å². The molecule has 2 nitrogen and oxygen atoms in total. The molecule has 2 N–H and O–H groups in total. The lowest BCUT2D eigenvalue weighted by molar-refractivity contribution is 0.230. The molecule has 0 amide bonds. The van der Waals surface area contributed by atoms with Crippen molar-refractivity contribution in [1.82, 2.24) is 5.32 Å². The maximum atomic E-state index is 13.0. The van der Waals surface area contributed by atoms with Gasteiger partial charge in [-0.05, 0) is 31.0 Å². The highest BCUT2D eigenvalue weighted by molar-refractivity contribution is 5.19. The van der Waals surface area contributed by atoms with Gasteiger partial charge in [-0.25, -0.2) is 4.39 Å². The lowest BCUT2D eigenvalue weighted by atomic mass is 10.1. The van der Waals surface area contributed by atoms with E-state index in [2.05, 4.69) is 5.32 Å². The highest BCUT2D eigenvalue weighted by Crippen LogP contribution is 2.14. The van der Waals surface area contributed by atoms with Gasteiger partial charge in [0.05, 0.1) is 6.61 Å². The highest BCUT2D eigenvalue weighted by atomic mass is 19.1. The topological polar surface area (TPSA) is 32.3 Å². The maximum absolute atomic E-state index is 13.0. The van der Waals surface area contributed by atoms with Crippen LogP contribution in [-0.2, 0) is 0 Å². The predicted octanol–water partition coefficient (Wildman–Crippen LogP) is 2.25. The van der Waals surface area contributed by atoms with E-state index in [0.29, 0.717) is 0 Å². The number of rotatable bonds is 5. The van der Waals surface area contributed by atoms with Crippen LogP contribution in [0.3, 0.4) is 0 Å². The second-order valence-electron chi connectivity index (χ2n) is 3.73. The van der Waals surface area contributed by atoms with E-state index < -0.39 is 0 Å². The van der Waals surface area contributed by atoms with Crippen LogP contribution in [-0.4, -0.2) is 17.8 Å². The van der Waals surface area contributed by atoms with Crippen molar-refractivity contribution >= 4 is 0 Å². The van der Waals surface area contributed by atoms with E-state index >= 15 is 0 Å². The minimum Gasteiger partial charge on any atom is -0.395 e. The van der Waals surface area contributed by atoms with E-state index in [1.807, 2.05) is 19.9 Å². The molecular formula is C12H18FNO. The zero-order chi connectivity index (χ0) is 11.3. The number of hydrogen-bond donors (Lipinski definition) is 2. The van der Waals surface area contributed by atoms with Crippen molar-refractivity contribution in [2.24, 2.45) is 0 Å². The van der Waals surface area contributed by atoms with Crippen molar-refractivity contribution in [2.75, 3.05) is 6.61 Å². The van der Waals surface area contributed by atoms with Crippen LogP contribution in [0, 0.1) is 5.82 Å². The van der Waals surface area contributed by atoms with Crippen molar-refractivity contribution < 1.29 is 9.50 Å². The average molecular weight is 211 g/mol. The van der Waals surface area contributed by atoms with Gasteiger partial charge in [0.2, 0.25) is 0 Å². The zero-order valence-electron chi connectivity index (χ0n) is 9.20. The first-order valence-corrected chi connectivity index (χ1v) is 5.29. The van der Waals surface area contributed by atoms with E-state index in [4.69, 9.17) is 5.11 Å². The molecule has 1 aromatic carbocycles. The van der Waals surface area contributed by atoms with Gasteiger partial charge in [-0.15, -0.1) is 0 Å². The van der Waals surface area contributed by atoms with E-state index in [0.717, 1.165) is 12.0 Å². The Balaban J connectivity index is 2.64. The van der Waals surface area contributed by atoms with Crippen LogP contribution in [0.2, 0.25) is 0 Å². The van der Waals surface area contributed by atoms with Crippen molar-refractivity contribution in [3.63, 3.8) is 0 Å². The zero-order valence-corrected chi connectivity index (χ0v) is 9.20. The normalized spacial score (nSPS) is 14.9. The summed E-state index contributed by atoms with van der Waals surface area (Å²) in [5.41, 5.74) is 0.905. The largest absolute Gasteiger partial charge is 0.395 e. The lowest BCUT2D eigenvalue weighted by Gasteiger charge is -2.20. The number of aliphatic hydroxyl groups is 1. The molecule has 0 heterocycles. The molecule has 0 bridgehead atoms. The van der Waals surface area contributed by atoms with Gasteiger partial charge in [0.25, 0.3) is 0 Å². The summed E-state index contributed by atoms with van der Waals surface area (Å²) in [6.45, 7) is 4.08. The van der Waals surface area contributed by atoms with Crippen LogP contribution in [0.15, 0.2) is 24.3 Å². The number of nitrogens with one attached hydrogen (secondary N) is 1. The molecule has 84 valence electrons. The molecule has 3 heteroatoms. The maximum Gasteiger partial charge on any atom is 0.123 e. The predicted molar refractivity (Wildman–Crippen MR) is 59.1 cm³/mol. The van der Waals surface area contributed by atoms with E-state index in [9.17, 15) is 4.39 Å². The number of hydrogen-bond acceptors (Lipinski definition) is 2. The Hall–Kier alpha value is -0.930. The van der Waals surface area contributed by atoms with Crippen molar-refractivity contribution in [1.29, 1.82) is 0 Å². The monoisotopic (exact) mass is 211 g/mol. The van der Waals surface area contributed by atoms with Gasteiger partial charge in [-0.3, -0.25) is 0 Å². The highest BCUT2D eigenvalue weighted by Gasteiger charge is 2.10. The first-order chi connectivity index (χ1) is 7.17. The van der Waals surface area contributed by atoms with Crippen molar-refractivity contribution in [3.05, 3.63) is 35.6 Å². The Kier molecular flexibility index (Phi) is 4.72. The van der Waals surface area contributed by atoms with Crippen LogP contribution < -0.4 is 5.32 Å². The van der Waals surface area contributed by atoms with Gasteiger partial charge in [0, 0.05) is 12.1 Å². The quantitative estimate of drug-likeness (QED) is 0.783. The molecule has 0 aliphatic rings. The third kappa shape index (κ3) is 3.61. The van der Waals surface area contributed by atoms with Crippen LogP contribution in [0.25, 0.3) is 0 Å². The minimum atomic E-state index is -0.224. The standard InChI is InChI=1S/C12H18FNO/c1-3-12(8-15)14-9(2)10-5-4-6-11(13)7-10/h4-7,9,12,14-15H,3,8H2,1-2H3/t9?,12-/m0/s1. The van der Waals surface area contributed by atoms with E-state index in [-0.39, 0.29) is 24.5 Å². The second-order valence-corrected chi connectivity index (χ2v) is 3.73. The fourth-order valence-corrected chi connectivity index (χ4v) is 1.53. The second kappa shape index (κ2) is 5.83. The molecule has 0 radical (unpaired) electrons. The first kappa shape index (κ1) is 12.1. The smallest absolute Gasteiger partial charge is 0.123 e. The summed E-state index contributed by atoms with van der Waals surface area (Å²) in [6, 6.07) is 6.65. The molecule has 1 unspecified atom stereocenters. The van der Waals surface area contributed by atoms with Gasteiger partial charge in [0.15, 0.2) is 0 Å². The number of halogens is 1. The fraction of sp³-hybridized carbons (Fsp3) is 0.500. The molecule has 1 rings (SSSR count). The van der Waals surface area contributed by atoms with E-state index in [1.54, 1.807) is 6.07 Å². The Bertz CT molecular complexity index is 299. The molecule has 15 heavy (non-hydrogen) atoms. The molecule has 1 aromatic rings. The van der Waals surface area contributed by atoms with Crippen LogP contribution in [0.4, 0.5) is 4.39 Å². The van der Waals surface area contributed by atoms with Gasteiger partial charge in [-0.1, -0.05) is 19.1 Å². The average Bonchev–Trinajstić information content (AvgIpc) is 2.25. The molecule has 0 aliphatic heterocycles. The number of benzene rings is 1. The van der Waals surface area contributed by atoms with Gasteiger partial charge in [0.1, 0.15) is 5.82 Å². The molecule has 0 spiro atoms. The van der Waals surface area contributed by atoms with Gasteiger partial charge >= 0.3 is 0 Å². The first-order valence-electron chi connectivity index (χ1n) is 5.29. The summed E-state index contributed by atoms with van der Waals surface area (Å²) in [5, 5.41) is 12.3.